The molecule has 1 rings (SSSR count). The molecule has 0 aromatic heterocycles. The van der Waals surface area contributed by atoms with Crippen LogP contribution in [0, 0.1) is 0 Å². The van der Waals surface area contributed by atoms with Crippen molar-refractivity contribution >= 4 is 14.0 Å². The number of rotatable bonds is 5. The third-order valence-electron chi connectivity index (χ3n) is 1.75. The topological polar surface area (TPSA) is 63.6 Å². The van der Waals surface area contributed by atoms with E-state index in [-0.39, 0.29) is 19.2 Å². The Balaban J connectivity index is 2.26. The maximum atomic E-state index is 11.1. The van der Waals surface area contributed by atoms with E-state index in [0.717, 1.165) is 5.56 Å². The first kappa shape index (κ1) is 11.8. The van der Waals surface area contributed by atoms with Crippen molar-refractivity contribution in [1.29, 1.82) is 0 Å². The van der Waals surface area contributed by atoms with Gasteiger partial charge in [-0.15, -0.1) is 0 Å². The summed E-state index contributed by atoms with van der Waals surface area (Å²) >= 11 is 0. The molecule has 0 bridgehead atoms. The first-order valence-electron chi connectivity index (χ1n) is 4.51. The lowest BCUT2D eigenvalue weighted by atomic mass is 10.2. The van der Waals surface area contributed by atoms with Crippen molar-refractivity contribution in [3.8, 4) is 0 Å². The molecule has 0 fully saturated rings. The van der Waals surface area contributed by atoms with E-state index in [4.69, 9.17) is 9.63 Å². The minimum atomic E-state index is -2.25. The monoisotopic (exact) mass is 227 g/mol. The van der Waals surface area contributed by atoms with Gasteiger partial charge in [-0.1, -0.05) is 30.3 Å². The summed E-state index contributed by atoms with van der Waals surface area (Å²) in [5, 5.41) is 0. The normalized spacial score (nSPS) is 10.9. The maximum Gasteiger partial charge on any atom is 0.506 e. The number of ether oxygens (including phenoxy) is 1. The summed E-state index contributed by atoms with van der Waals surface area (Å²) in [6.07, 6.45) is -0.0541. The van der Waals surface area contributed by atoms with Gasteiger partial charge in [0.2, 0.25) is 0 Å². The number of hydrogen-bond donors (Lipinski definition) is 1. The van der Waals surface area contributed by atoms with Gasteiger partial charge in [-0.3, -0.25) is 4.79 Å². The Morgan fingerprint density at radius 3 is 2.60 bits per heavy atom. The van der Waals surface area contributed by atoms with Crippen LogP contribution in [0.4, 0.5) is 0 Å². The molecule has 1 unspecified atom stereocenters. The molecule has 0 radical (unpaired) electrons. The second kappa shape index (κ2) is 6.27. The van der Waals surface area contributed by atoms with Gasteiger partial charge in [-0.05, 0) is 10.1 Å². The summed E-state index contributed by atoms with van der Waals surface area (Å²) in [6.45, 7) is 0.210. The van der Waals surface area contributed by atoms with E-state index >= 15 is 0 Å². The number of carbonyl (C=O) groups excluding carboxylic acids is 1. The van der Waals surface area contributed by atoms with Gasteiger partial charge in [0.05, 0.1) is 6.42 Å². The van der Waals surface area contributed by atoms with Gasteiger partial charge in [0.1, 0.15) is 6.61 Å². The molecule has 5 heteroatoms. The molecule has 0 aliphatic carbocycles. The molecule has 0 heterocycles. The molecule has 0 amide bonds. The van der Waals surface area contributed by atoms with E-state index < -0.39 is 14.0 Å². The van der Waals surface area contributed by atoms with Crippen LogP contribution in [0.15, 0.2) is 30.3 Å². The quantitative estimate of drug-likeness (QED) is 0.616. The molecule has 1 aromatic carbocycles. The van der Waals surface area contributed by atoms with Gasteiger partial charge in [0, 0.05) is 0 Å². The van der Waals surface area contributed by atoms with Crippen molar-refractivity contribution in [2.24, 2.45) is 0 Å². The molecule has 80 valence electrons. The van der Waals surface area contributed by atoms with Crippen molar-refractivity contribution in [3.05, 3.63) is 35.9 Å². The van der Waals surface area contributed by atoms with Crippen molar-refractivity contribution in [1.82, 2.24) is 0 Å². The van der Waals surface area contributed by atoms with Gasteiger partial charge in [0.25, 0.3) is 0 Å². The van der Waals surface area contributed by atoms with E-state index in [1.54, 1.807) is 0 Å². The van der Waals surface area contributed by atoms with Crippen LogP contribution < -0.4 is 0 Å². The zero-order valence-corrected chi connectivity index (χ0v) is 9.02. The highest BCUT2D eigenvalue weighted by atomic mass is 31.1. The Kier molecular flexibility index (Phi) is 4.95. The Labute approximate surface area is 88.8 Å². The third-order valence-corrected chi connectivity index (χ3v) is 2.36. The molecule has 0 aliphatic rings. The van der Waals surface area contributed by atoms with Crippen molar-refractivity contribution in [2.75, 3.05) is 6.16 Å². The molecule has 1 atom stereocenters. The molecule has 15 heavy (non-hydrogen) atoms. The van der Waals surface area contributed by atoms with Crippen LogP contribution in [0.1, 0.15) is 12.0 Å². The zero-order chi connectivity index (χ0) is 11.1. The fourth-order valence-electron chi connectivity index (χ4n) is 0.997. The van der Waals surface area contributed by atoms with E-state index in [9.17, 15) is 9.36 Å². The van der Waals surface area contributed by atoms with Gasteiger partial charge >= 0.3 is 14.0 Å². The lowest BCUT2D eigenvalue weighted by Crippen LogP contribution is -2.05. The highest BCUT2D eigenvalue weighted by molar-refractivity contribution is 7.38. The number of benzene rings is 1. The minimum Gasteiger partial charge on any atom is -0.461 e. The van der Waals surface area contributed by atoms with Crippen LogP contribution in [0.5, 0.6) is 0 Å². The number of carbonyl (C=O) groups is 1. The summed E-state index contributed by atoms with van der Waals surface area (Å²) in [5.41, 5.74) is 0.902. The highest BCUT2D eigenvalue weighted by Crippen LogP contribution is 2.14. The second-order valence-electron chi connectivity index (χ2n) is 2.97. The molecule has 0 aliphatic heterocycles. The molecule has 4 nitrogen and oxygen atoms in total. The summed E-state index contributed by atoms with van der Waals surface area (Å²) in [5.74, 6) is -0.448. The Morgan fingerprint density at radius 1 is 1.33 bits per heavy atom. The average molecular weight is 227 g/mol. The van der Waals surface area contributed by atoms with Gasteiger partial charge < -0.3 is 4.74 Å². The molecule has 0 saturated heterocycles. The summed E-state index contributed by atoms with van der Waals surface area (Å²) in [7, 11) is -2.25. The van der Waals surface area contributed by atoms with Crippen LogP contribution in [-0.4, -0.2) is 17.0 Å². The fraction of sp³-hybridized carbons (Fsp3) is 0.300. The molecular weight excluding hydrogens is 215 g/mol. The van der Waals surface area contributed by atoms with Gasteiger partial charge in [-0.2, -0.15) is 4.89 Å². The van der Waals surface area contributed by atoms with E-state index in [0.29, 0.717) is 0 Å². The number of esters is 1. The summed E-state index contributed by atoms with van der Waals surface area (Å²) < 4.78 is 15.2. The van der Waals surface area contributed by atoms with E-state index in [1.165, 1.54) is 0 Å². The van der Waals surface area contributed by atoms with E-state index in [1.807, 2.05) is 30.3 Å². The predicted octanol–water partition coefficient (Wildman–Crippen LogP) is 1.85. The molecule has 0 spiro atoms. The largest absolute Gasteiger partial charge is 0.506 e. The van der Waals surface area contributed by atoms with Crippen molar-refractivity contribution < 1.29 is 19.0 Å². The summed E-state index contributed by atoms with van der Waals surface area (Å²) in [4.78, 5) is 19.5. The lowest BCUT2D eigenvalue weighted by Gasteiger charge is -2.02. The Hall–Kier alpha value is -1.25. The Morgan fingerprint density at radius 2 is 2.00 bits per heavy atom. The van der Waals surface area contributed by atoms with Crippen LogP contribution in [0.3, 0.4) is 0 Å². The second-order valence-corrected chi connectivity index (χ2v) is 4.12. The Bertz CT molecular complexity index is 337. The maximum absolute atomic E-state index is 11.1. The highest BCUT2D eigenvalue weighted by Gasteiger charge is 2.14. The molecule has 0 saturated carbocycles. The SMILES string of the molecule is O=C(CC[P+](=O)O)OCc1ccccc1. The van der Waals surface area contributed by atoms with Crippen LogP contribution in [0.2, 0.25) is 0 Å². The third kappa shape index (κ3) is 5.25. The standard InChI is InChI=1S/C10H11O4P/c11-10(6-7-15(12)13)14-8-9-4-2-1-3-5-9/h1-5H,6-8H2/p+1. The van der Waals surface area contributed by atoms with E-state index in [2.05, 4.69) is 0 Å². The zero-order valence-electron chi connectivity index (χ0n) is 8.13. The van der Waals surface area contributed by atoms with Gasteiger partial charge in [0.15, 0.2) is 6.16 Å². The van der Waals surface area contributed by atoms with Crippen LogP contribution >= 0.6 is 8.03 Å². The average Bonchev–Trinajstić information content (AvgIpc) is 2.25. The van der Waals surface area contributed by atoms with Gasteiger partial charge in [-0.25, -0.2) is 0 Å². The first-order valence-corrected chi connectivity index (χ1v) is 5.91. The molecular formula is C10H12O4P+. The van der Waals surface area contributed by atoms with Crippen molar-refractivity contribution in [3.63, 3.8) is 0 Å². The minimum absolute atomic E-state index is 0.0153. The lowest BCUT2D eigenvalue weighted by molar-refractivity contribution is -0.144. The fourth-order valence-corrected chi connectivity index (χ4v) is 1.37. The first-order chi connectivity index (χ1) is 7.18. The smallest absolute Gasteiger partial charge is 0.461 e. The van der Waals surface area contributed by atoms with Crippen LogP contribution in [-0.2, 0) is 20.7 Å². The summed E-state index contributed by atoms with van der Waals surface area (Å²) in [6, 6.07) is 9.28. The molecule has 1 aromatic rings. The number of hydrogen-bond acceptors (Lipinski definition) is 3. The van der Waals surface area contributed by atoms with Crippen molar-refractivity contribution in [2.45, 2.75) is 13.0 Å². The van der Waals surface area contributed by atoms with Crippen LogP contribution in [0.25, 0.3) is 0 Å². The predicted molar refractivity (Wildman–Crippen MR) is 55.5 cm³/mol. The molecule has 1 N–H and O–H groups in total.